The van der Waals surface area contributed by atoms with Crippen LogP contribution < -0.4 is 10.5 Å². The van der Waals surface area contributed by atoms with E-state index in [1.807, 2.05) is 17.7 Å². The van der Waals surface area contributed by atoms with Crippen LogP contribution in [-0.2, 0) is 0 Å². The maximum Gasteiger partial charge on any atom is 0.261 e. The Kier molecular flexibility index (Phi) is 3.76. The van der Waals surface area contributed by atoms with Gasteiger partial charge in [0, 0.05) is 29.7 Å². The number of benzene rings is 1. The topological polar surface area (TPSA) is 38.1 Å². The van der Waals surface area contributed by atoms with Crippen molar-refractivity contribution in [2.45, 2.75) is 38.1 Å². The van der Waals surface area contributed by atoms with E-state index in [-0.39, 0.29) is 5.56 Å². The minimum atomic E-state index is 0.0911. The molecule has 2 heterocycles. The number of aromatic nitrogens is 2. The average Bonchev–Trinajstić information content (AvgIpc) is 2.57. The number of hydrogen-bond acceptors (Lipinski definition) is 3. The molecule has 5 heteroatoms. The summed E-state index contributed by atoms with van der Waals surface area (Å²) in [6.07, 6.45) is 11.9. The summed E-state index contributed by atoms with van der Waals surface area (Å²) < 4.78 is 2.82. The lowest BCUT2D eigenvalue weighted by Gasteiger charge is -2.27. The van der Waals surface area contributed by atoms with Crippen molar-refractivity contribution in [1.29, 1.82) is 0 Å². The van der Waals surface area contributed by atoms with Crippen LogP contribution in [0.1, 0.15) is 43.7 Å². The number of nitrogens with zero attached hydrogens (tertiary/aromatic N) is 3. The Labute approximate surface area is 143 Å². The van der Waals surface area contributed by atoms with Gasteiger partial charge in [-0.1, -0.05) is 47.3 Å². The molecule has 0 atom stereocenters. The van der Waals surface area contributed by atoms with E-state index in [0.29, 0.717) is 11.4 Å². The Hall–Kier alpha value is -1.62. The molecule has 1 aromatic carbocycles. The van der Waals surface area contributed by atoms with E-state index in [9.17, 15) is 4.79 Å². The van der Waals surface area contributed by atoms with Gasteiger partial charge in [-0.25, -0.2) is 4.98 Å². The lowest BCUT2D eigenvalue weighted by Crippen LogP contribution is -2.28. The van der Waals surface area contributed by atoms with Crippen LogP contribution in [0.4, 0.5) is 5.69 Å². The van der Waals surface area contributed by atoms with Gasteiger partial charge in [-0.05, 0) is 18.9 Å². The van der Waals surface area contributed by atoms with Crippen molar-refractivity contribution >= 4 is 38.6 Å². The smallest absolute Gasteiger partial charge is 0.261 e. The fourth-order valence-electron chi connectivity index (χ4n) is 3.83. The van der Waals surface area contributed by atoms with Crippen molar-refractivity contribution in [3.05, 3.63) is 38.9 Å². The molecule has 0 radical (unpaired) electrons. The van der Waals surface area contributed by atoms with Crippen LogP contribution in [0.15, 0.2) is 27.7 Å². The van der Waals surface area contributed by atoms with Gasteiger partial charge < -0.3 is 4.90 Å². The Morgan fingerprint density at radius 2 is 2.04 bits per heavy atom. The van der Waals surface area contributed by atoms with Crippen LogP contribution >= 0.6 is 15.9 Å². The summed E-state index contributed by atoms with van der Waals surface area (Å²) in [5.41, 5.74) is 3.05. The predicted molar refractivity (Wildman–Crippen MR) is 98.1 cm³/mol. The first-order valence-electron chi connectivity index (χ1n) is 8.28. The molecule has 23 heavy (non-hydrogen) atoms. The van der Waals surface area contributed by atoms with Crippen molar-refractivity contribution in [3.8, 4) is 0 Å². The van der Waals surface area contributed by atoms with E-state index in [1.54, 1.807) is 6.33 Å². The molecule has 0 N–H and O–H groups in total. The molecule has 1 aliphatic carbocycles. The third-order valence-corrected chi connectivity index (χ3v) is 5.71. The van der Waals surface area contributed by atoms with Gasteiger partial charge in [0.15, 0.2) is 0 Å². The number of anilines is 1. The van der Waals surface area contributed by atoms with E-state index in [0.717, 1.165) is 40.6 Å². The van der Waals surface area contributed by atoms with Crippen molar-refractivity contribution < 1.29 is 0 Å². The van der Waals surface area contributed by atoms with E-state index in [4.69, 9.17) is 0 Å². The first kappa shape index (κ1) is 14.9. The Balaban J connectivity index is 1.95. The summed E-state index contributed by atoms with van der Waals surface area (Å²) in [6.45, 7) is 0.839. The predicted octanol–water partition coefficient (Wildman–Crippen LogP) is 4.13. The van der Waals surface area contributed by atoms with Gasteiger partial charge in [-0.2, -0.15) is 0 Å². The second-order valence-electron chi connectivity index (χ2n) is 6.55. The molecule has 4 rings (SSSR count). The van der Waals surface area contributed by atoms with Gasteiger partial charge >= 0.3 is 0 Å². The molecule has 0 saturated heterocycles. The Morgan fingerprint density at radius 1 is 1.26 bits per heavy atom. The quantitative estimate of drug-likeness (QED) is 0.754. The van der Waals surface area contributed by atoms with Crippen LogP contribution in [0.5, 0.6) is 0 Å². The monoisotopic (exact) mass is 373 g/mol. The first-order valence-corrected chi connectivity index (χ1v) is 9.07. The van der Waals surface area contributed by atoms with E-state index < -0.39 is 0 Å². The van der Waals surface area contributed by atoms with Gasteiger partial charge in [-0.15, -0.1) is 0 Å². The van der Waals surface area contributed by atoms with E-state index >= 15 is 0 Å². The maximum absolute atomic E-state index is 13.0. The number of halogens is 1. The van der Waals surface area contributed by atoms with Gasteiger partial charge in [0.2, 0.25) is 0 Å². The zero-order valence-electron chi connectivity index (χ0n) is 13.3. The largest absolute Gasteiger partial charge is 0.369 e. The lowest BCUT2D eigenvalue weighted by atomic mass is 9.95. The van der Waals surface area contributed by atoms with Crippen molar-refractivity contribution in [2.24, 2.45) is 0 Å². The van der Waals surface area contributed by atoms with Gasteiger partial charge in [0.05, 0.1) is 17.4 Å². The average molecular weight is 374 g/mol. The number of rotatable bonds is 1. The molecule has 0 bridgehead atoms. The maximum atomic E-state index is 13.0. The summed E-state index contributed by atoms with van der Waals surface area (Å²) in [7, 11) is 2.04. The van der Waals surface area contributed by atoms with Crippen LogP contribution in [0.2, 0.25) is 0 Å². The van der Waals surface area contributed by atoms with Crippen molar-refractivity contribution in [2.75, 3.05) is 18.5 Å². The zero-order valence-corrected chi connectivity index (χ0v) is 14.8. The van der Waals surface area contributed by atoms with Crippen molar-refractivity contribution in [3.63, 3.8) is 0 Å². The summed E-state index contributed by atoms with van der Waals surface area (Å²) in [5, 5.41) is 0.714. The van der Waals surface area contributed by atoms with E-state index in [1.165, 1.54) is 19.3 Å². The third-order valence-electron chi connectivity index (χ3n) is 5.05. The minimum Gasteiger partial charge on any atom is -0.369 e. The number of hydrogen-bond donors (Lipinski definition) is 0. The third kappa shape index (κ3) is 2.42. The molecule has 2 aromatic rings. The minimum absolute atomic E-state index is 0.0911. The standard InChI is InChI=1S/C18H20BrN3O/c1-21-9-5-8-13-15(19)10-14-16(17(13)21)20-11-22(18(14)23)12-6-3-2-4-7-12/h5,8,10-12H,2-4,6-7,9H2,1H3. The molecular formula is C18H20BrN3O. The fourth-order valence-corrected chi connectivity index (χ4v) is 4.38. The normalized spacial score (nSPS) is 18.4. The van der Waals surface area contributed by atoms with Crippen LogP contribution in [-0.4, -0.2) is 23.1 Å². The highest BCUT2D eigenvalue weighted by Crippen LogP contribution is 2.37. The Bertz CT molecular complexity index is 849. The fraction of sp³-hybridized carbons (Fsp3) is 0.444. The van der Waals surface area contributed by atoms with Crippen LogP contribution in [0.3, 0.4) is 0 Å². The first-order chi connectivity index (χ1) is 11.2. The summed E-state index contributed by atoms with van der Waals surface area (Å²) in [4.78, 5) is 19.9. The molecule has 1 aromatic heterocycles. The molecule has 120 valence electrons. The second-order valence-corrected chi connectivity index (χ2v) is 7.40. The molecule has 2 aliphatic rings. The SMILES string of the molecule is CN1CC=Cc2c(Br)cc3c(=O)n(C4CCCCC4)cnc3c21. The highest BCUT2D eigenvalue weighted by molar-refractivity contribution is 9.10. The molecule has 0 amide bonds. The highest BCUT2D eigenvalue weighted by Gasteiger charge is 2.22. The molecule has 0 unspecified atom stereocenters. The molecule has 4 nitrogen and oxygen atoms in total. The number of likely N-dealkylation sites (N-methyl/N-ethyl adjacent to an activating group) is 1. The van der Waals surface area contributed by atoms with Gasteiger partial charge in [-0.3, -0.25) is 9.36 Å². The van der Waals surface area contributed by atoms with Crippen LogP contribution in [0.25, 0.3) is 17.0 Å². The van der Waals surface area contributed by atoms with Crippen molar-refractivity contribution in [1.82, 2.24) is 9.55 Å². The van der Waals surface area contributed by atoms with Gasteiger partial charge in [0.1, 0.15) is 5.52 Å². The molecule has 1 fully saturated rings. The summed E-state index contributed by atoms with van der Waals surface area (Å²) in [6, 6.07) is 2.24. The zero-order chi connectivity index (χ0) is 16.0. The molecular weight excluding hydrogens is 354 g/mol. The number of fused-ring (bicyclic) bond motifs is 3. The molecule has 1 saturated carbocycles. The summed E-state index contributed by atoms with van der Waals surface area (Å²) in [5.74, 6) is 0. The van der Waals surface area contributed by atoms with E-state index in [2.05, 4.69) is 38.0 Å². The Morgan fingerprint density at radius 3 is 2.83 bits per heavy atom. The highest BCUT2D eigenvalue weighted by atomic mass is 79.9. The van der Waals surface area contributed by atoms with Gasteiger partial charge in [0.25, 0.3) is 5.56 Å². The lowest BCUT2D eigenvalue weighted by molar-refractivity contribution is 0.345. The molecule has 0 spiro atoms. The summed E-state index contributed by atoms with van der Waals surface area (Å²) >= 11 is 3.63. The second kappa shape index (κ2) is 5.78. The molecule has 1 aliphatic heterocycles. The van der Waals surface area contributed by atoms with Crippen LogP contribution in [0, 0.1) is 0 Å².